The summed E-state index contributed by atoms with van der Waals surface area (Å²) in [6.45, 7) is 6.57. The fourth-order valence-corrected chi connectivity index (χ4v) is 2.89. The second-order valence-corrected chi connectivity index (χ2v) is 6.30. The Hall–Kier alpha value is -1.42. The summed E-state index contributed by atoms with van der Waals surface area (Å²) >= 11 is 0. The van der Waals surface area contributed by atoms with E-state index in [1.807, 2.05) is 43.3 Å². The molecule has 2 N–H and O–H groups in total. The van der Waals surface area contributed by atoms with Crippen LogP contribution in [-0.2, 0) is 10.5 Å². The Labute approximate surface area is 119 Å². The zero-order chi connectivity index (χ0) is 14.4. The summed E-state index contributed by atoms with van der Waals surface area (Å²) in [7, 11) is 0. The van der Waals surface area contributed by atoms with Gasteiger partial charge in [0.05, 0.1) is 12.6 Å². The van der Waals surface area contributed by atoms with Gasteiger partial charge < -0.3 is 15.2 Å². The van der Waals surface area contributed by atoms with Gasteiger partial charge in [-0.1, -0.05) is 36.4 Å². The van der Waals surface area contributed by atoms with Gasteiger partial charge in [-0.2, -0.15) is 0 Å². The van der Waals surface area contributed by atoms with Crippen molar-refractivity contribution in [1.29, 1.82) is 0 Å². The monoisotopic (exact) mass is 271 g/mol. The zero-order valence-corrected chi connectivity index (χ0v) is 12.2. The molecular formula is C17H21NO2. The minimum atomic E-state index is -1.28. The van der Waals surface area contributed by atoms with Crippen LogP contribution < -0.4 is 5.32 Å². The third-order valence-corrected chi connectivity index (χ3v) is 4.01. The zero-order valence-electron chi connectivity index (χ0n) is 12.2. The van der Waals surface area contributed by atoms with Crippen LogP contribution in [-0.4, -0.2) is 23.3 Å². The lowest BCUT2D eigenvalue weighted by atomic mass is 9.91. The summed E-state index contributed by atoms with van der Waals surface area (Å²) in [5.41, 5.74) is 0.675. The molecule has 1 heterocycles. The van der Waals surface area contributed by atoms with E-state index in [9.17, 15) is 5.11 Å². The molecule has 0 radical (unpaired) electrons. The molecule has 2 atom stereocenters. The highest BCUT2D eigenvalue weighted by Gasteiger charge is 2.44. The van der Waals surface area contributed by atoms with Gasteiger partial charge >= 0.3 is 0 Å². The predicted molar refractivity (Wildman–Crippen MR) is 80.5 cm³/mol. The molecule has 0 saturated carbocycles. The molecule has 3 nitrogen and oxygen atoms in total. The number of rotatable bonds is 1. The third kappa shape index (κ3) is 2.22. The molecule has 0 spiro atoms. The van der Waals surface area contributed by atoms with Crippen LogP contribution in [0.3, 0.4) is 0 Å². The fourth-order valence-electron chi connectivity index (χ4n) is 2.89. The van der Waals surface area contributed by atoms with Gasteiger partial charge in [0.25, 0.3) is 0 Å². The van der Waals surface area contributed by atoms with Crippen LogP contribution in [0, 0.1) is 0 Å². The first-order valence-electron chi connectivity index (χ1n) is 7.04. The first-order valence-corrected chi connectivity index (χ1v) is 7.04. The van der Waals surface area contributed by atoms with Crippen molar-refractivity contribution in [2.24, 2.45) is 0 Å². The van der Waals surface area contributed by atoms with Crippen molar-refractivity contribution in [3.63, 3.8) is 0 Å². The summed E-state index contributed by atoms with van der Waals surface area (Å²) in [6.07, 6.45) is 0. The Morgan fingerprint density at radius 3 is 2.55 bits per heavy atom. The standard InChI is InChI=1S/C17H21NO2/c1-12-17(19,20-11-16(2,3)18-12)15-9-8-13-6-4-5-7-14(13)10-15/h4-10,12,18-19H,11H2,1-3H3/t12-,17+/m0/s1. The number of benzene rings is 2. The van der Waals surface area contributed by atoms with Gasteiger partial charge in [-0.05, 0) is 37.6 Å². The highest BCUT2D eigenvalue weighted by atomic mass is 16.6. The summed E-state index contributed by atoms with van der Waals surface area (Å²) in [6, 6.07) is 13.9. The molecule has 0 aromatic heterocycles. The molecule has 20 heavy (non-hydrogen) atoms. The molecule has 3 heteroatoms. The Balaban J connectivity index is 2.01. The van der Waals surface area contributed by atoms with Gasteiger partial charge in [-0.25, -0.2) is 0 Å². The van der Waals surface area contributed by atoms with Crippen LogP contribution in [0.15, 0.2) is 42.5 Å². The van der Waals surface area contributed by atoms with Gasteiger partial charge in [-0.15, -0.1) is 0 Å². The van der Waals surface area contributed by atoms with Crippen molar-refractivity contribution in [2.75, 3.05) is 6.61 Å². The number of aliphatic hydroxyl groups is 1. The molecule has 2 aromatic rings. The number of hydrogen-bond acceptors (Lipinski definition) is 3. The molecule has 1 fully saturated rings. The molecule has 2 aromatic carbocycles. The van der Waals surface area contributed by atoms with Gasteiger partial charge in [0.15, 0.2) is 0 Å². The largest absolute Gasteiger partial charge is 0.361 e. The van der Waals surface area contributed by atoms with E-state index < -0.39 is 5.79 Å². The molecule has 1 aliphatic heterocycles. The second kappa shape index (κ2) is 4.55. The topological polar surface area (TPSA) is 41.5 Å². The lowest BCUT2D eigenvalue weighted by Crippen LogP contribution is -2.63. The lowest BCUT2D eigenvalue weighted by Gasteiger charge is -2.46. The Bertz CT molecular complexity index is 638. The van der Waals surface area contributed by atoms with Crippen LogP contribution in [0.2, 0.25) is 0 Å². The van der Waals surface area contributed by atoms with Crippen molar-refractivity contribution in [2.45, 2.75) is 38.1 Å². The van der Waals surface area contributed by atoms with Crippen molar-refractivity contribution in [3.8, 4) is 0 Å². The highest BCUT2D eigenvalue weighted by molar-refractivity contribution is 5.83. The molecule has 1 saturated heterocycles. The van der Waals surface area contributed by atoms with E-state index in [0.717, 1.165) is 16.3 Å². The average molecular weight is 271 g/mol. The molecule has 3 rings (SSSR count). The summed E-state index contributed by atoms with van der Waals surface area (Å²) in [5, 5.41) is 16.6. The molecule has 0 bridgehead atoms. The number of fused-ring (bicyclic) bond motifs is 1. The minimum absolute atomic E-state index is 0.123. The van der Waals surface area contributed by atoms with E-state index in [0.29, 0.717) is 6.61 Å². The number of nitrogens with one attached hydrogen (secondary N) is 1. The third-order valence-electron chi connectivity index (χ3n) is 4.01. The maximum Gasteiger partial charge on any atom is 0.208 e. The van der Waals surface area contributed by atoms with E-state index in [4.69, 9.17) is 4.74 Å². The quantitative estimate of drug-likeness (QED) is 0.838. The van der Waals surface area contributed by atoms with Crippen LogP contribution in [0.25, 0.3) is 10.8 Å². The van der Waals surface area contributed by atoms with Gasteiger partial charge in [0.2, 0.25) is 5.79 Å². The van der Waals surface area contributed by atoms with Crippen molar-refractivity contribution in [3.05, 3.63) is 48.0 Å². The number of hydrogen-bond donors (Lipinski definition) is 2. The molecule has 106 valence electrons. The summed E-state index contributed by atoms with van der Waals surface area (Å²) in [5.74, 6) is -1.28. The van der Waals surface area contributed by atoms with Crippen LogP contribution in [0.1, 0.15) is 26.3 Å². The summed E-state index contributed by atoms with van der Waals surface area (Å²) < 4.78 is 5.82. The van der Waals surface area contributed by atoms with Gasteiger partial charge in [-0.3, -0.25) is 0 Å². The predicted octanol–water partition coefficient (Wildman–Crippen LogP) is 2.77. The molecule has 0 unspecified atom stereocenters. The van der Waals surface area contributed by atoms with Crippen LogP contribution in [0.5, 0.6) is 0 Å². The number of ether oxygens (including phenoxy) is 1. The van der Waals surface area contributed by atoms with E-state index in [1.165, 1.54) is 0 Å². The lowest BCUT2D eigenvalue weighted by molar-refractivity contribution is -0.263. The van der Waals surface area contributed by atoms with Crippen molar-refractivity contribution in [1.82, 2.24) is 5.32 Å². The van der Waals surface area contributed by atoms with E-state index >= 15 is 0 Å². The van der Waals surface area contributed by atoms with Crippen molar-refractivity contribution < 1.29 is 9.84 Å². The fraction of sp³-hybridized carbons (Fsp3) is 0.412. The van der Waals surface area contributed by atoms with E-state index in [1.54, 1.807) is 0 Å². The molecular weight excluding hydrogens is 250 g/mol. The SMILES string of the molecule is C[C@@H]1NC(C)(C)CO[C@@]1(O)c1ccc2ccccc2c1. The summed E-state index contributed by atoms with van der Waals surface area (Å²) in [4.78, 5) is 0. The average Bonchev–Trinajstić information content (AvgIpc) is 2.42. The first kappa shape index (κ1) is 13.6. The first-order chi connectivity index (χ1) is 9.41. The highest BCUT2D eigenvalue weighted by Crippen LogP contribution is 2.34. The minimum Gasteiger partial charge on any atom is -0.361 e. The van der Waals surface area contributed by atoms with E-state index in [-0.39, 0.29) is 11.6 Å². The van der Waals surface area contributed by atoms with Gasteiger partial charge in [0.1, 0.15) is 0 Å². The van der Waals surface area contributed by atoms with Crippen LogP contribution in [0.4, 0.5) is 0 Å². The Morgan fingerprint density at radius 1 is 1.15 bits per heavy atom. The maximum atomic E-state index is 10.9. The maximum absolute atomic E-state index is 10.9. The van der Waals surface area contributed by atoms with Crippen molar-refractivity contribution >= 4 is 10.8 Å². The number of morpholine rings is 1. The molecule has 1 aliphatic rings. The smallest absolute Gasteiger partial charge is 0.208 e. The normalized spacial score (nSPS) is 29.5. The Kier molecular flexibility index (Phi) is 3.09. The van der Waals surface area contributed by atoms with Crippen LogP contribution >= 0.6 is 0 Å². The molecule has 0 amide bonds. The Morgan fingerprint density at radius 2 is 1.85 bits per heavy atom. The van der Waals surface area contributed by atoms with E-state index in [2.05, 4.69) is 25.2 Å². The van der Waals surface area contributed by atoms with Gasteiger partial charge in [0, 0.05) is 11.1 Å². The molecule has 0 aliphatic carbocycles. The second-order valence-electron chi connectivity index (χ2n) is 6.30.